The summed E-state index contributed by atoms with van der Waals surface area (Å²) in [5.74, 6) is 0.565. The highest BCUT2D eigenvalue weighted by Gasteiger charge is 2.17. The van der Waals surface area contributed by atoms with Gasteiger partial charge in [0.25, 0.3) is 5.56 Å². The molecule has 1 N–H and O–H groups in total. The number of hydrogen-bond donors (Lipinski definition) is 1. The Morgan fingerprint density at radius 1 is 1.12 bits per heavy atom. The van der Waals surface area contributed by atoms with E-state index in [9.17, 15) is 4.79 Å². The average molecular weight is 353 g/mol. The lowest BCUT2D eigenvalue weighted by atomic mass is 10.1. The summed E-state index contributed by atoms with van der Waals surface area (Å²) in [6.07, 6.45) is 2.68. The lowest BCUT2D eigenvalue weighted by Crippen LogP contribution is -2.29. The lowest BCUT2D eigenvalue weighted by molar-refractivity contribution is 0.152. The van der Waals surface area contributed by atoms with E-state index in [0.717, 1.165) is 36.4 Å². The van der Waals surface area contributed by atoms with Crippen LogP contribution in [0.25, 0.3) is 16.7 Å². The Bertz CT molecular complexity index is 989. The zero-order valence-corrected chi connectivity index (χ0v) is 15.4. The Labute approximate surface area is 151 Å². The summed E-state index contributed by atoms with van der Waals surface area (Å²) >= 11 is 0. The molecule has 1 saturated heterocycles. The molecule has 7 nitrogen and oxygen atoms in total. The number of fused-ring (bicyclic) bond motifs is 1. The molecule has 3 heterocycles. The van der Waals surface area contributed by atoms with Crippen LogP contribution in [0, 0.1) is 20.8 Å². The number of ether oxygens (including phenoxy) is 1. The van der Waals surface area contributed by atoms with Gasteiger partial charge in [-0.15, -0.1) is 5.10 Å². The number of H-pyrrole nitrogens is 1. The van der Waals surface area contributed by atoms with Gasteiger partial charge in [0.2, 0.25) is 5.95 Å². The molecule has 26 heavy (non-hydrogen) atoms. The summed E-state index contributed by atoms with van der Waals surface area (Å²) in [7, 11) is 0. The number of hydrogen-bond acceptors (Lipinski definition) is 5. The van der Waals surface area contributed by atoms with Crippen LogP contribution in [0.4, 0.5) is 5.95 Å². The van der Waals surface area contributed by atoms with Crippen LogP contribution in [0.15, 0.2) is 23.1 Å². The van der Waals surface area contributed by atoms with Crippen LogP contribution in [-0.4, -0.2) is 46.1 Å². The first-order chi connectivity index (χ1) is 12.5. The predicted molar refractivity (Wildman–Crippen MR) is 101 cm³/mol. The summed E-state index contributed by atoms with van der Waals surface area (Å²) in [6.45, 7) is 9.09. The summed E-state index contributed by atoms with van der Waals surface area (Å²) in [5, 5.41) is 5.10. The van der Waals surface area contributed by atoms with E-state index in [2.05, 4.69) is 52.9 Å². The van der Waals surface area contributed by atoms with Crippen molar-refractivity contribution in [2.75, 3.05) is 31.2 Å². The van der Waals surface area contributed by atoms with Gasteiger partial charge in [-0.25, -0.2) is 4.68 Å². The second kappa shape index (κ2) is 6.57. The summed E-state index contributed by atoms with van der Waals surface area (Å²) in [5.41, 5.74) is 4.75. The molecular weight excluding hydrogens is 330 g/mol. The predicted octanol–water partition coefficient (Wildman–Crippen LogP) is 2.26. The molecule has 4 rings (SSSR count). The number of anilines is 1. The summed E-state index contributed by atoms with van der Waals surface area (Å²) < 4.78 is 7.25. The van der Waals surface area contributed by atoms with Gasteiger partial charge in [-0.2, -0.15) is 4.98 Å². The molecule has 1 aliphatic heterocycles. The molecule has 3 aromatic rings. The molecule has 1 aromatic carbocycles. The molecule has 1 aliphatic rings. The minimum absolute atomic E-state index is 0.163. The normalized spacial score (nSPS) is 15.4. The van der Waals surface area contributed by atoms with Crippen molar-refractivity contribution in [3.8, 4) is 5.69 Å². The molecule has 7 heteroatoms. The van der Waals surface area contributed by atoms with Gasteiger partial charge in [-0.1, -0.05) is 17.7 Å². The quantitative estimate of drug-likeness (QED) is 0.765. The molecule has 1 fully saturated rings. The second-order valence-corrected chi connectivity index (χ2v) is 6.90. The van der Waals surface area contributed by atoms with Crippen molar-refractivity contribution < 1.29 is 4.74 Å². The highest BCUT2D eigenvalue weighted by atomic mass is 16.5. The van der Waals surface area contributed by atoms with Gasteiger partial charge >= 0.3 is 0 Å². The van der Waals surface area contributed by atoms with Crippen molar-refractivity contribution >= 4 is 17.0 Å². The fourth-order valence-electron chi connectivity index (χ4n) is 3.66. The highest BCUT2D eigenvalue weighted by Crippen LogP contribution is 2.22. The molecule has 136 valence electrons. The third-order valence-corrected chi connectivity index (χ3v) is 4.76. The minimum atomic E-state index is -0.163. The van der Waals surface area contributed by atoms with Crippen molar-refractivity contribution in [1.29, 1.82) is 0 Å². The van der Waals surface area contributed by atoms with E-state index in [1.54, 1.807) is 10.9 Å². The van der Waals surface area contributed by atoms with Crippen LogP contribution in [0.3, 0.4) is 0 Å². The van der Waals surface area contributed by atoms with E-state index in [-0.39, 0.29) is 5.56 Å². The number of nitrogens with zero attached hydrogens (tertiary/aromatic N) is 4. The highest BCUT2D eigenvalue weighted by molar-refractivity contribution is 5.75. The maximum atomic E-state index is 12.6. The number of aromatic amines is 1. The third kappa shape index (κ3) is 2.99. The molecule has 0 unspecified atom stereocenters. The van der Waals surface area contributed by atoms with Crippen molar-refractivity contribution in [3.63, 3.8) is 0 Å². The number of nitrogens with one attached hydrogen (secondary N) is 1. The minimum Gasteiger partial charge on any atom is -0.380 e. The van der Waals surface area contributed by atoms with Crippen LogP contribution in [0.1, 0.15) is 23.1 Å². The van der Waals surface area contributed by atoms with E-state index in [1.165, 1.54) is 5.56 Å². The van der Waals surface area contributed by atoms with Crippen molar-refractivity contribution in [3.05, 3.63) is 45.4 Å². The Kier molecular flexibility index (Phi) is 4.24. The van der Waals surface area contributed by atoms with Crippen LogP contribution < -0.4 is 10.5 Å². The van der Waals surface area contributed by atoms with Crippen LogP contribution >= 0.6 is 0 Å². The Balaban J connectivity index is 1.81. The van der Waals surface area contributed by atoms with E-state index in [1.807, 2.05) is 0 Å². The molecule has 0 aliphatic carbocycles. The molecule has 0 spiro atoms. The van der Waals surface area contributed by atoms with Gasteiger partial charge in [-0.3, -0.25) is 9.78 Å². The van der Waals surface area contributed by atoms with Gasteiger partial charge < -0.3 is 9.64 Å². The van der Waals surface area contributed by atoms with E-state index in [0.29, 0.717) is 30.1 Å². The maximum Gasteiger partial charge on any atom is 0.263 e. The van der Waals surface area contributed by atoms with Crippen LogP contribution in [-0.2, 0) is 4.74 Å². The molecular formula is C19H23N5O2. The van der Waals surface area contributed by atoms with E-state index < -0.39 is 0 Å². The van der Waals surface area contributed by atoms with Gasteiger partial charge in [0.1, 0.15) is 5.39 Å². The van der Waals surface area contributed by atoms with Gasteiger partial charge in [0.05, 0.1) is 12.3 Å². The fraction of sp³-hybridized carbons (Fsp3) is 0.421. The number of rotatable bonds is 2. The van der Waals surface area contributed by atoms with Gasteiger partial charge in [0, 0.05) is 25.9 Å². The van der Waals surface area contributed by atoms with Crippen LogP contribution in [0.5, 0.6) is 0 Å². The van der Waals surface area contributed by atoms with E-state index in [4.69, 9.17) is 4.74 Å². The summed E-state index contributed by atoms with van der Waals surface area (Å²) in [6, 6.07) is 4.24. The van der Waals surface area contributed by atoms with E-state index >= 15 is 0 Å². The molecule has 0 saturated carbocycles. The molecule has 0 amide bonds. The first-order valence-corrected chi connectivity index (χ1v) is 8.93. The Morgan fingerprint density at radius 2 is 1.88 bits per heavy atom. The first-order valence-electron chi connectivity index (χ1n) is 8.93. The first kappa shape index (κ1) is 16.8. The zero-order chi connectivity index (χ0) is 18.3. The smallest absolute Gasteiger partial charge is 0.263 e. The van der Waals surface area contributed by atoms with Crippen molar-refractivity contribution in [1.82, 2.24) is 19.7 Å². The number of benzene rings is 1. The average Bonchev–Trinajstić information content (AvgIpc) is 2.81. The molecule has 0 bridgehead atoms. The zero-order valence-electron chi connectivity index (χ0n) is 15.4. The number of aryl methyl sites for hydroxylation is 3. The molecule has 0 atom stereocenters. The Morgan fingerprint density at radius 3 is 2.65 bits per heavy atom. The third-order valence-electron chi connectivity index (χ3n) is 4.76. The maximum absolute atomic E-state index is 12.6. The summed E-state index contributed by atoms with van der Waals surface area (Å²) in [4.78, 5) is 22.1. The topological polar surface area (TPSA) is 76.0 Å². The second-order valence-electron chi connectivity index (χ2n) is 6.90. The largest absolute Gasteiger partial charge is 0.380 e. The van der Waals surface area contributed by atoms with Crippen molar-refractivity contribution in [2.24, 2.45) is 0 Å². The molecule has 2 aromatic heterocycles. The number of aromatic nitrogens is 4. The Hall–Kier alpha value is -2.67. The van der Waals surface area contributed by atoms with Gasteiger partial charge in [-0.05, 0) is 38.3 Å². The molecule has 0 radical (unpaired) electrons. The van der Waals surface area contributed by atoms with Crippen molar-refractivity contribution in [2.45, 2.75) is 27.2 Å². The monoisotopic (exact) mass is 353 g/mol. The lowest BCUT2D eigenvalue weighted by Gasteiger charge is -2.19. The van der Waals surface area contributed by atoms with Gasteiger partial charge in [0.15, 0.2) is 5.65 Å². The SMILES string of the molecule is Cc1cc(C)c(-n2cc3c(=O)[nH]c(N4CCCOCC4)nc3n2)c(C)c1. The standard InChI is InChI=1S/C19H23N5O2/c1-12-9-13(2)16(14(3)10-12)24-11-15-17(22-24)20-19(21-18(15)25)23-5-4-7-26-8-6-23/h9-11H,4-8H2,1-3H3,(H,20,21,22,25). The fourth-order valence-corrected chi connectivity index (χ4v) is 3.66. The van der Waals surface area contributed by atoms with Crippen LogP contribution in [0.2, 0.25) is 0 Å².